The summed E-state index contributed by atoms with van der Waals surface area (Å²) >= 11 is 7.48. The van der Waals surface area contributed by atoms with E-state index < -0.39 is 6.04 Å². The minimum Gasteiger partial charge on any atom is -0.316 e. The average Bonchev–Trinajstić information content (AvgIpc) is 3.28. The summed E-state index contributed by atoms with van der Waals surface area (Å²) in [5.41, 5.74) is 5.97. The van der Waals surface area contributed by atoms with Crippen LogP contribution in [0.15, 0.2) is 48.5 Å². The molecular formula is C19H18ClN3O2S. The van der Waals surface area contributed by atoms with E-state index >= 15 is 0 Å². The zero-order valence-corrected chi connectivity index (χ0v) is 15.6. The molecule has 4 rings (SSSR count). The van der Waals surface area contributed by atoms with Crippen molar-refractivity contribution in [3.8, 4) is 0 Å². The van der Waals surface area contributed by atoms with Crippen molar-refractivity contribution in [3.05, 3.63) is 70.2 Å². The molecule has 1 fully saturated rings. The predicted octanol–water partition coefficient (Wildman–Crippen LogP) is 2.90. The van der Waals surface area contributed by atoms with Gasteiger partial charge in [-0.3, -0.25) is 15.0 Å². The van der Waals surface area contributed by atoms with Crippen LogP contribution in [0.4, 0.5) is 0 Å². The highest BCUT2D eigenvalue weighted by Crippen LogP contribution is 2.25. The summed E-state index contributed by atoms with van der Waals surface area (Å²) < 4.78 is 0. The third-order valence-corrected chi connectivity index (χ3v) is 5.91. The first-order valence-corrected chi connectivity index (χ1v) is 9.91. The second kappa shape index (κ2) is 7.31. The average molecular weight is 388 g/mol. The van der Waals surface area contributed by atoms with Gasteiger partial charge in [-0.2, -0.15) is 0 Å². The highest BCUT2D eigenvalue weighted by molar-refractivity contribution is 7.99. The fraction of sp³-hybridized carbons (Fsp3) is 0.263. The first kappa shape index (κ1) is 17.4. The zero-order chi connectivity index (χ0) is 18.1. The van der Waals surface area contributed by atoms with Crippen LogP contribution < -0.4 is 5.43 Å². The molecule has 1 N–H and O–H groups in total. The lowest BCUT2D eigenvalue weighted by Gasteiger charge is -2.25. The third-order valence-electron chi connectivity index (χ3n) is 4.65. The smallest absolute Gasteiger partial charge is 0.257 e. The summed E-state index contributed by atoms with van der Waals surface area (Å²) in [6.45, 7) is 1.37. The summed E-state index contributed by atoms with van der Waals surface area (Å²) in [5, 5.41) is 2.49. The molecule has 2 heterocycles. The van der Waals surface area contributed by atoms with Crippen LogP contribution in [0.1, 0.15) is 21.5 Å². The molecule has 1 saturated heterocycles. The van der Waals surface area contributed by atoms with Gasteiger partial charge in [0.15, 0.2) is 0 Å². The monoisotopic (exact) mass is 387 g/mol. The van der Waals surface area contributed by atoms with E-state index in [4.69, 9.17) is 11.6 Å². The summed E-state index contributed by atoms with van der Waals surface area (Å²) in [5.74, 6) is 0.841. The van der Waals surface area contributed by atoms with Crippen LogP contribution in [0.25, 0.3) is 0 Å². The number of carbonyl (C=O) groups excluding carboxylic acids is 2. The Balaban J connectivity index is 1.42. The van der Waals surface area contributed by atoms with Gasteiger partial charge in [0.25, 0.3) is 11.8 Å². The van der Waals surface area contributed by atoms with Crippen LogP contribution in [-0.2, 0) is 17.9 Å². The maximum atomic E-state index is 12.8. The Morgan fingerprint density at radius 2 is 1.69 bits per heavy atom. The molecule has 26 heavy (non-hydrogen) atoms. The maximum Gasteiger partial charge on any atom is 0.257 e. The van der Waals surface area contributed by atoms with Gasteiger partial charge in [-0.1, -0.05) is 35.9 Å². The highest BCUT2D eigenvalue weighted by Gasteiger charge is 2.36. The Morgan fingerprint density at radius 3 is 2.35 bits per heavy atom. The summed E-state index contributed by atoms with van der Waals surface area (Å²) in [4.78, 5) is 27.2. The van der Waals surface area contributed by atoms with E-state index in [-0.39, 0.29) is 11.8 Å². The number of hydrazine groups is 1. The maximum absolute atomic E-state index is 12.8. The molecule has 2 aromatic rings. The van der Waals surface area contributed by atoms with E-state index in [0.29, 0.717) is 35.3 Å². The third kappa shape index (κ3) is 3.45. The normalized spacial score (nSPS) is 19.4. The van der Waals surface area contributed by atoms with E-state index in [2.05, 4.69) is 17.6 Å². The lowest BCUT2D eigenvalue weighted by Crippen LogP contribution is -2.51. The number of fused-ring (bicyclic) bond motifs is 1. The number of amides is 2. The molecule has 0 unspecified atom stereocenters. The first-order valence-electron chi connectivity index (χ1n) is 8.38. The minimum atomic E-state index is -0.466. The topological polar surface area (TPSA) is 52.7 Å². The molecule has 7 heteroatoms. The van der Waals surface area contributed by atoms with Crippen LogP contribution >= 0.6 is 23.4 Å². The molecule has 2 amide bonds. The van der Waals surface area contributed by atoms with Crippen LogP contribution in [0.2, 0.25) is 5.02 Å². The highest BCUT2D eigenvalue weighted by atomic mass is 35.5. The lowest BCUT2D eigenvalue weighted by atomic mass is 10.1. The molecule has 1 atom stereocenters. The minimum absolute atomic E-state index is 0.134. The van der Waals surface area contributed by atoms with Crippen LogP contribution in [0, 0.1) is 0 Å². The van der Waals surface area contributed by atoms with Crippen molar-refractivity contribution in [2.24, 2.45) is 0 Å². The number of benzene rings is 2. The van der Waals surface area contributed by atoms with Crippen molar-refractivity contribution >= 4 is 35.2 Å². The molecule has 0 aliphatic carbocycles. The number of rotatable bonds is 3. The van der Waals surface area contributed by atoms with Crippen LogP contribution in [0.3, 0.4) is 0 Å². The number of hydrogen-bond acceptors (Lipinski definition) is 4. The van der Waals surface area contributed by atoms with Gasteiger partial charge < -0.3 is 4.90 Å². The molecular weight excluding hydrogens is 370 g/mol. The zero-order valence-electron chi connectivity index (χ0n) is 14.0. The van der Waals surface area contributed by atoms with Gasteiger partial charge in [0, 0.05) is 29.4 Å². The number of nitrogens with one attached hydrogen (secondary N) is 1. The Bertz CT molecular complexity index is 818. The molecule has 0 saturated carbocycles. The van der Waals surface area contributed by atoms with Crippen molar-refractivity contribution in [1.29, 1.82) is 0 Å². The SMILES string of the molecule is O=C(NN1Cc2ccccc2C1)[C@@H]1CSCN1C(=O)c1ccc(Cl)cc1. The number of carbonyl (C=O) groups is 2. The van der Waals surface area contributed by atoms with Gasteiger partial charge >= 0.3 is 0 Å². The molecule has 134 valence electrons. The quantitative estimate of drug-likeness (QED) is 0.879. The fourth-order valence-electron chi connectivity index (χ4n) is 3.26. The Labute approximate surface area is 161 Å². The van der Waals surface area contributed by atoms with E-state index in [1.54, 1.807) is 40.9 Å². The van der Waals surface area contributed by atoms with Gasteiger partial charge in [0.05, 0.1) is 5.88 Å². The molecule has 0 bridgehead atoms. The molecule has 0 aromatic heterocycles. The lowest BCUT2D eigenvalue weighted by molar-refractivity contribution is -0.129. The number of hydrogen-bond donors (Lipinski definition) is 1. The molecule has 2 aliphatic rings. The number of nitrogens with zero attached hydrogens (tertiary/aromatic N) is 2. The van der Waals surface area contributed by atoms with Crippen molar-refractivity contribution in [3.63, 3.8) is 0 Å². The number of halogens is 1. The molecule has 2 aliphatic heterocycles. The fourth-order valence-corrected chi connectivity index (χ4v) is 4.54. The molecule has 2 aromatic carbocycles. The second-order valence-electron chi connectivity index (χ2n) is 6.40. The van der Waals surface area contributed by atoms with Gasteiger partial charge in [0.1, 0.15) is 6.04 Å². The second-order valence-corrected chi connectivity index (χ2v) is 7.83. The standard InChI is InChI=1S/C19H18ClN3O2S/c20-16-7-5-13(6-8-16)19(25)23-12-26-11-17(23)18(24)21-22-9-14-3-1-2-4-15(14)10-22/h1-8,17H,9-12H2,(H,21,24)/t17-/m0/s1. The summed E-state index contributed by atoms with van der Waals surface area (Å²) in [6.07, 6.45) is 0. The van der Waals surface area contributed by atoms with Crippen LogP contribution in [0.5, 0.6) is 0 Å². The Hall–Kier alpha value is -2.02. The summed E-state index contributed by atoms with van der Waals surface area (Å²) in [7, 11) is 0. The van der Waals surface area contributed by atoms with Gasteiger partial charge in [-0.05, 0) is 35.4 Å². The van der Waals surface area contributed by atoms with Crippen LogP contribution in [-0.4, -0.2) is 39.4 Å². The summed E-state index contributed by atoms with van der Waals surface area (Å²) in [6, 6.07) is 14.5. The Morgan fingerprint density at radius 1 is 1.04 bits per heavy atom. The molecule has 0 spiro atoms. The molecule has 0 radical (unpaired) electrons. The van der Waals surface area contributed by atoms with Gasteiger partial charge in [-0.25, -0.2) is 5.01 Å². The molecule has 5 nitrogen and oxygen atoms in total. The largest absolute Gasteiger partial charge is 0.316 e. The van der Waals surface area contributed by atoms with Crippen molar-refractivity contribution < 1.29 is 9.59 Å². The van der Waals surface area contributed by atoms with Crippen molar-refractivity contribution in [2.75, 3.05) is 11.6 Å². The Kier molecular flexibility index (Phi) is 4.89. The first-order chi connectivity index (χ1) is 12.6. The van der Waals surface area contributed by atoms with E-state index in [1.165, 1.54) is 11.1 Å². The van der Waals surface area contributed by atoms with Gasteiger partial charge in [-0.15, -0.1) is 11.8 Å². The van der Waals surface area contributed by atoms with E-state index in [0.717, 1.165) is 0 Å². The van der Waals surface area contributed by atoms with Gasteiger partial charge in [0.2, 0.25) is 0 Å². The van der Waals surface area contributed by atoms with Crippen molar-refractivity contribution in [2.45, 2.75) is 19.1 Å². The van der Waals surface area contributed by atoms with E-state index in [1.807, 2.05) is 17.1 Å². The number of thioether (sulfide) groups is 1. The van der Waals surface area contributed by atoms with E-state index in [9.17, 15) is 9.59 Å². The predicted molar refractivity (Wildman–Crippen MR) is 103 cm³/mol. The van der Waals surface area contributed by atoms with Crippen molar-refractivity contribution in [1.82, 2.24) is 15.3 Å².